The standard InChI is InChI=1S/C18H18N2/c1-12-4-3-5-15(10-12)18(19)16-8-9-17-14(11-16)7-6-13(2)20-17/h3-11,18H,19H2,1-2H3. The van der Waals surface area contributed by atoms with Crippen molar-refractivity contribution >= 4 is 10.9 Å². The molecule has 3 aromatic rings. The van der Waals surface area contributed by atoms with E-state index in [1.807, 2.05) is 19.1 Å². The van der Waals surface area contributed by atoms with Gasteiger partial charge in [-0.25, -0.2) is 0 Å². The fraction of sp³-hybridized carbons (Fsp3) is 0.167. The van der Waals surface area contributed by atoms with Crippen LogP contribution in [0.15, 0.2) is 54.6 Å². The van der Waals surface area contributed by atoms with Crippen LogP contribution in [0.2, 0.25) is 0 Å². The van der Waals surface area contributed by atoms with Crippen molar-refractivity contribution in [1.82, 2.24) is 4.98 Å². The van der Waals surface area contributed by atoms with Gasteiger partial charge in [-0.3, -0.25) is 4.98 Å². The third-order valence-electron chi connectivity index (χ3n) is 3.61. The highest BCUT2D eigenvalue weighted by Gasteiger charge is 2.09. The van der Waals surface area contributed by atoms with Crippen LogP contribution in [-0.2, 0) is 0 Å². The number of benzene rings is 2. The second-order valence-corrected chi connectivity index (χ2v) is 5.30. The quantitative estimate of drug-likeness (QED) is 0.760. The Labute approximate surface area is 119 Å². The maximum Gasteiger partial charge on any atom is 0.0705 e. The average molecular weight is 262 g/mol. The van der Waals surface area contributed by atoms with Gasteiger partial charge in [-0.2, -0.15) is 0 Å². The van der Waals surface area contributed by atoms with Crippen LogP contribution in [0.25, 0.3) is 10.9 Å². The lowest BCUT2D eigenvalue weighted by molar-refractivity contribution is 0.871. The van der Waals surface area contributed by atoms with Crippen LogP contribution in [0.5, 0.6) is 0 Å². The molecule has 1 aromatic heterocycles. The molecule has 0 fully saturated rings. The lowest BCUT2D eigenvalue weighted by Crippen LogP contribution is -2.11. The molecule has 0 saturated carbocycles. The SMILES string of the molecule is Cc1cccc(C(N)c2ccc3nc(C)ccc3c2)c1. The van der Waals surface area contributed by atoms with Gasteiger partial charge in [0.25, 0.3) is 0 Å². The first-order valence-electron chi connectivity index (χ1n) is 6.83. The van der Waals surface area contributed by atoms with Crippen LogP contribution in [-0.4, -0.2) is 4.98 Å². The Morgan fingerprint density at radius 3 is 2.50 bits per heavy atom. The predicted octanol–water partition coefficient (Wildman–Crippen LogP) is 3.90. The summed E-state index contributed by atoms with van der Waals surface area (Å²) >= 11 is 0. The third-order valence-corrected chi connectivity index (χ3v) is 3.61. The first kappa shape index (κ1) is 12.8. The molecule has 1 atom stereocenters. The Bertz CT molecular complexity index is 762. The topological polar surface area (TPSA) is 38.9 Å². The van der Waals surface area contributed by atoms with Gasteiger partial charge in [0, 0.05) is 11.1 Å². The Kier molecular flexibility index (Phi) is 3.25. The normalized spacial score (nSPS) is 12.6. The molecule has 0 bridgehead atoms. The highest BCUT2D eigenvalue weighted by molar-refractivity contribution is 5.79. The number of aryl methyl sites for hydroxylation is 2. The molecule has 2 nitrogen and oxygen atoms in total. The van der Waals surface area contributed by atoms with Crippen molar-refractivity contribution in [3.63, 3.8) is 0 Å². The van der Waals surface area contributed by atoms with E-state index in [1.54, 1.807) is 0 Å². The Balaban J connectivity index is 2.03. The van der Waals surface area contributed by atoms with Crippen LogP contribution in [0, 0.1) is 13.8 Å². The molecular weight excluding hydrogens is 244 g/mol. The van der Waals surface area contributed by atoms with E-state index in [2.05, 4.69) is 54.4 Å². The number of rotatable bonds is 2. The smallest absolute Gasteiger partial charge is 0.0705 e. The highest BCUT2D eigenvalue weighted by atomic mass is 14.7. The van der Waals surface area contributed by atoms with Crippen molar-refractivity contribution in [3.05, 3.63) is 77.0 Å². The lowest BCUT2D eigenvalue weighted by atomic mass is 9.97. The number of aromatic nitrogens is 1. The Hall–Kier alpha value is -2.19. The number of fused-ring (bicyclic) bond motifs is 1. The van der Waals surface area contributed by atoms with E-state index in [-0.39, 0.29) is 6.04 Å². The molecule has 0 aliphatic rings. The van der Waals surface area contributed by atoms with Gasteiger partial charge in [-0.15, -0.1) is 0 Å². The molecule has 2 aromatic carbocycles. The minimum absolute atomic E-state index is 0.0967. The van der Waals surface area contributed by atoms with Crippen molar-refractivity contribution in [1.29, 1.82) is 0 Å². The van der Waals surface area contributed by atoms with Crippen molar-refractivity contribution in [2.75, 3.05) is 0 Å². The van der Waals surface area contributed by atoms with Gasteiger partial charge in [-0.05, 0) is 43.2 Å². The van der Waals surface area contributed by atoms with Crippen LogP contribution >= 0.6 is 0 Å². The summed E-state index contributed by atoms with van der Waals surface area (Å²) in [5.41, 5.74) is 11.9. The van der Waals surface area contributed by atoms with Crippen LogP contribution in [0.3, 0.4) is 0 Å². The molecule has 20 heavy (non-hydrogen) atoms. The summed E-state index contributed by atoms with van der Waals surface area (Å²) in [5.74, 6) is 0. The molecule has 0 amide bonds. The highest BCUT2D eigenvalue weighted by Crippen LogP contribution is 2.23. The number of nitrogens with two attached hydrogens (primary N) is 1. The third kappa shape index (κ3) is 2.43. The second kappa shape index (κ2) is 5.06. The van der Waals surface area contributed by atoms with Gasteiger partial charge in [0.2, 0.25) is 0 Å². The first-order valence-corrected chi connectivity index (χ1v) is 6.83. The minimum Gasteiger partial charge on any atom is -0.320 e. The van der Waals surface area contributed by atoms with Crippen LogP contribution < -0.4 is 5.73 Å². The number of pyridine rings is 1. The molecule has 0 aliphatic carbocycles. The summed E-state index contributed by atoms with van der Waals surface area (Å²) in [7, 11) is 0. The fourth-order valence-corrected chi connectivity index (χ4v) is 2.50. The molecule has 2 heteroatoms. The summed E-state index contributed by atoms with van der Waals surface area (Å²) in [4.78, 5) is 4.52. The summed E-state index contributed by atoms with van der Waals surface area (Å²) in [6, 6.07) is 18.6. The van der Waals surface area contributed by atoms with Gasteiger partial charge >= 0.3 is 0 Å². The zero-order chi connectivity index (χ0) is 14.1. The summed E-state index contributed by atoms with van der Waals surface area (Å²) < 4.78 is 0. The molecule has 3 rings (SSSR count). The van der Waals surface area contributed by atoms with E-state index in [9.17, 15) is 0 Å². The first-order chi connectivity index (χ1) is 9.63. The van der Waals surface area contributed by atoms with E-state index in [4.69, 9.17) is 5.73 Å². The van der Waals surface area contributed by atoms with Crippen molar-refractivity contribution in [2.24, 2.45) is 5.73 Å². The largest absolute Gasteiger partial charge is 0.320 e. The van der Waals surface area contributed by atoms with E-state index in [0.29, 0.717) is 0 Å². The minimum atomic E-state index is -0.0967. The second-order valence-electron chi connectivity index (χ2n) is 5.30. The van der Waals surface area contributed by atoms with E-state index in [0.717, 1.165) is 27.7 Å². The van der Waals surface area contributed by atoms with Crippen LogP contribution in [0.1, 0.15) is 28.4 Å². The molecule has 2 N–H and O–H groups in total. The monoisotopic (exact) mass is 262 g/mol. The molecular formula is C18H18N2. The zero-order valence-corrected chi connectivity index (χ0v) is 11.8. The van der Waals surface area contributed by atoms with Gasteiger partial charge in [0.1, 0.15) is 0 Å². The Morgan fingerprint density at radius 2 is 1.70 bits per heavy atom. The Morgan fingerprint density at radius 1 is 0.900 bits per heavy atom. The fourth-order valence-electron chi connectivity index (χ4n) is 2.50. The van der Waals surface area contributed by atoms with E-state index < -0.39 is 0 Å². The number of nitrogens with zero attached hydrogens (tertiary/aromatic N) is 1. The summed E-state index contributed by atoms with van der Waals surface area (Å²) in [6.45, 7) is 4.09. The summed E-state index contributed by atoms with van der Waals surface area (Å²) in [5, 5.41) is 1.14. The van der Waals surface area contributed by atoms with Gasteiger partial charge < -0.3 is 5.73 Å². The van der Waals surface area contributed by atoms with Gasteiger partial charge in [0.15, 0.2) is 0 Å². The van der Waals surface area contributed by atoms with Gasteiger partial charge in [0.05, 0.1) is 11.6 Å². The van der Waals surface area contributed by atoms with Crippen molar-refractivity contribution < 1.29 is 0 Å². The van der Waals surface area contributed by atoms with Crippen molar-refractivity contribution in [3.8, 4) is 0 Å². The molecule has 100 valence electrons. The maximum absolute atomic E-state index is 6.39. The van der Waals surface area contributed by atoms with Crippen molar-refractivity contribution in [2.45, 2.75) is 19.9 Å². The lowest BCUT2D eigenvalue weighted by Gasteiger charge is -2.14. The molecule has 0 saturated heterocycles. The molecule has 1 unspecified atom stereocenters. The van der Waals surface area contributed by atoms with Gasteiger partial charge in [-0.1, -0.05) is 42.0 Å². The average Bonchev–Trinajstić information content (AvgIpc) is 2.46. The predicted molar refractivity (Wildman–Crippen MR) is 83.7 cm³/mol. The zero-order valence-electron chi connectivity index (χ0n) is 11.8. The van der Waals surface area contributed by atoms with E-state index >= 15 is 0 Å². The molecule has 0 spiro atoms. The molecule has 1 heterocycles. The maximum atomic E-state index is 6.39. The number of hydrogen-bond donors (Lipinski definition) is 1. The van der Waals surface area contributed by atoms with Crippen LogP contribution in [0.4, 0.5) is 0 Å². The summed E-state index contributed by atoms with van der Waals surface area (Å²) in [6.07, 6.45) is 0. The molecule has 0 radical (unpaired) electrons. The number of hydrogen-bond acceptors (Lipinski definition) is 2. The van der Waals surface area contributed by atoms with E-state index in [1.165, 1.54) is 5.56 Å². The molecule has 0 aliphatic heterocycles.